The van der Waals surface area contributed by atoms with Crippen LogP contribution in [0.2, 0.25) is 0 Å². The van der Waals surface area contributed by atoms with Gasteiger partial charge in [0.05, 0.1) is 12.0 Å². The fourth-order valence-corrected chi connectivity index (χ4v) is 2.75. The summed E-state index contributed by atoms with van der Waals surface area (Å²) in [6, 6.07) is 12.0. The van der Waals surface area contributed by atoms with Crippen molar-refractivity contribution in [3.8, 4) is 0 Å². The third kappa shape index (κ3) is 5.69. The molecule has 0 radical (unpaired) electrons. The molecule has 0 aliphatic carbocycles. The van der Waals surface area contributed by atoms with Crippen molar-refractivity contribution in [3.63, 3.8) is 0 Å². The number of aryl methyl sites for hydroxylation is 1. The molecule has 0 unspecified atom stereocenters. The van der Waals surface area contributed by atoms with Gasteiger partial charge in [0.1, 0.15) is 0 Å². The largest absolute Gasteiger partial charge is 0.388 e. The van der Waals surface area contributed by atoms with Crippen LogP contribution in [0.5, 0.6) is 0 Å². The minimum atomic E-state index is -0.889. The molecule has 21 heavy (non-hydrogen) atoms. The summed E-state index contributed by atoms with van der Waals surface area (Å²) in [5.41, 5.74) is 1.32. The molecule has 0 aliphatic rings. The smallest absolute Gasteiger partial charge is 0.224 e. The average molecular weight is 303 g/mol. The Morgan fingerprint density at radius 3 is 2.67 bits per heavy atom. The summed E-state index contributed by atoms with van der Waals surface area (Å²) in [6.07, 6.45) is 1.79. The van der Waals surface area contributed by atoms with Gasteiger partial charge in [0.15, 0.2) is 0 Å². The van der Waals surface area contributed by atoms with E-state index in [1.807, 2.05) is 47.2 Å². The van der Waals surface area contributed by atoms with Crippen LogP contribution in [0.3, 0.4) is 0 Å². The Labute approximate surface area is 129 Å². The zero-order chi connectivity index (χ0) is 15.1. The number of carbonyl (C=O) groups excluding carboxylic acids is 1. The third-order valence-corrected chi connectivity index (χ3v) is 4.14. The van der Waals surface area contributed by atoms with Crippen molar-refractivity contribution < 1.29 is 9.90 Å². The number of aliphatic hydroxyl groups is 1. The van der Waals surface area contributed by atoms with Crippen molar-refractivity contribution in [1.29, 1.82) is 0 Å². The maximum Gasteiger partial charge on any atom is 0.224 e. The van der Waals surface area contributed by atoms with E-state index in [4.69, 9.17) is 0 Å². The Hall–Kier alpha value is -1.65. The number of hydrogen-bond donors (Lipinski definition) is 2. The number of thiophene rings is 1. The van der Waals surface area contributed by atoms with Crippen molar-refractivity contribution in [2.45, 2.75) is 31.8 Å². The highest BCUT2D eigenvalue weighted by molar-refractivity contribution is 7.07. The fraction of sp³-hybridized carbons (Fsp3) is 0.353. The molecule has 0 saturated carbocycles. The van der Waals surface area contributed by atoms with E-state index >= 15 is 0 Å². The standard InChI is InChI=1S/C17H21NO2S/c1-17(20,9-7-14-5-3-2-4-6-14)13-18-16(19)11-15-8-10-21-12-15/h2-6,8,10,12,20H,7,9,11,13H2,1H3,(H,18,19)/t17-/m0/s1. The van der Waals surface area contributed by atoms with Gasteiger partial charge in [-0.05, 0) is 47.7 Å². The number of benzene rings is 1. The molecule has 1 aromatic carbocycles. The zero-order valence-corrected chi connectivity index (χ0v) is 13.0. The van der Waals surface area contributed by atoms with Crippen LogP contribution in [0, 0.1) is 0 Å². The van der Waals surface area contributed by atoms with Crippen LogP contribution < -0.4 is 5.32 Å². The maximum atomic E-state index is 11.8. The molecule has 0 spiro atoms. The highest BCUT2D eigenvalue weighted by Crippen LogP contribution is 2.13. The first-order chi connectivity index (χ1) is 10.1. The van der Waals surface area contributed by atoms with Crippen LogP contribution >= 0.6 is 11.3 Å². The van der Waals surface area contributed by atoms with E-state index in [0.29, 0.717) is 12.8 Å². The monoisotopic (exact) mass is 303 g/mol. The van der Waals surface area contributed by atoms with E-state index in [0.717, 1.165) is 12.0 Å². The molecule has 1 heterocycles. The Bertz CT molecular complexity index is 549. The molecule has 0 aliphatic heterocycles. The molecule has 2 aromatic rings. The minimum absolute atomic E-state index is 0.0478. The second kappa shape index (κ2) is 7.38. The lowest BCUT2D eigenvalue weighted by molar-refractivity contribution is -0.121. The number of nitrogens with one attached hydrogen (secondary N) is 1. The molecule has 0 fully saturated rings. The highest BCUT2D eigenvalue weighted by Gasteiger charge is 2.21. The molecular formula is C17H21NO2S. The SMILES string of the molecule is C[C@](O)(CCc1ccccc1)CNC(=O)Cc1ccsc1. The molecule has 0 saturated heterocycles. The van der Waals surface area contributed by atoms with Crippen molar-refractivity contribution in [2.75, 3.05) is 6.54 Å². The second-order valence-corrected chi connectivity index (χ2v) is 6.35. The number of amides is 1. The molecule has 1 atom stereocenters. The quantitative estimate of drug-likeness (QED) is 0.826. The summed E-state index contributed by atoms with van der Waals surface area (Å²) in [5, 5.41) is 17.1. The third-order valence-electron chi connectivity index (χ3n) is 3.41. The lowest BCUT2D eigenvalue weighted by atomic mass is 9.96. The highest BCUT2D eigenvalue weighted by atomic mass is 32.1. The van der Waals surface area contributed by atoms with Gasteiger partial charge in [-0.2, -0.15) is 11.3 Å². The summed E-state index contributed by atoms with van der Waals surface area (Å²) in [6.45, 7) is 2.05. The summed E-state index contributed by atoms with van der Waals surface area (Å²) >= 11 is 1.58. The molecule has 1 aromatic heterocycles. The Kier molecular flexibility index (Phi) is 5.53. The predicted molar refractivity (Wildman–Crippen MR) is 86.4 cm³/mol. The molecule has 1 amide bonds. The number of carbonyl (C=O) groups is 1. The van der Waals surface area contributed by atoms with Crippen LogP contribution in [-0.4, -0.2) is 23.2 Å². The van der Waals surface area contributed by atoms with Gasteiger partial charge in [-0.25, -0.2) is 0 Å². The minimum Gasteiger partial charge on any atom is -0.388 e. The van der Waals surface area contributed by atoms with Crippen molar-refractivity contribution in [3.05, 3.63) is 58.3 Å². The Morgan fingerprint density at radius 1 is 1.24 bits per heavy atom. The lowest BCUT2D eigenvalue weighted by Crippen LogP contribution is -2.41. The molecule has 2 rings (SSSR count). The van der Waals surface area contributed by atoms with E-state index in [1.54, 1.807) is 18.3 Å². The van der Waals surface area contributed by atoms with E-state index < -0.39 is 5.60 Å². The molecule has 112 valence electrons. The van der Waals surface area contributed by atoms with Gasteiger partial charge in [-0.15, -0.1) is 0 Å². The first-order valence-corrected chi connectivity index (χ1v) is 8.03. The van der Waals surface area contributed by atoms with Crippen LogP contribution in [0.15, 0.2) is 47.2 Å². The predicted octanol–water partition coefficient (Wildman–Crippen LogP) is 2.79. The first-order valence-electron chi connectivity index (χ1n) is 7.09. The van der Waals surface area contributed by atoms with E-state index in [2.05, 4.69) is 5.32 Å². The van der Waals surface area contributed by atoms with Crippen LogP contribution in [-0.2, 0) is 17.6 Å². The number of hydrogen-bond acceptors (Lipinski definition) is 3. The van der Waals surface area contributed by atoms with Gasteiger partial charge in [0.25, 0.3) is 0 Å². The summed E-state index contributed by atoms with van der Waals surface area (Å²) in [5.74, 6) is -0.0478. The van der Waals surface area contributed by atoms with Gasteiger partial charge in [0, 0.05) is 6.54 Å². The topological polar surface area (TPSA) is 49.3 Å². The Morgan fingerprint density at radius 2 is 2.00 bits per heavy atom. The summed E-state index contributed by atoms with van der Waals surface area (Å²) in [4.78, 5) is 11.8. The number of rotatable bonds is 7. The molecule has 4 heteroatoms. The van der Waals surface area contributed by atoms with Gasteiger partial charge >= 0.3 is 0 Å². The van der Waals surface area contributed by atoms with Crippen molar-refractivity contribution >= 4 is 17.2 Å². The normalized spacial score (nSPS) is 13.6. The van der Waals surface area contributed by atoms with E-state index in [1.165, 1.54) is 5.56 Å². The second-order valence-electron chi connectivity index (χ2n) is 5.57. The van der Waals surface area contributed by atoms with Gasteiger partial charge in [-0.1, -0.05) is 30.3 Å². The average Bonchev–Trinajstić information content (AvgIpc) is 2.97. The van der Waals surface area contributed by atoms with Crippen molar-refractivity contribution in [1.82, 2.24) is 5.32 Å². The van der Waals surface area contributed by atoms with E-state index in [-0.39, 0.29) is 12.5 Å². The lowest BCUT2D eigenvalue weighted by Gasteiger charge is -2.23. The molecular weight excluding hydrogens is 282 g/mol. The van der Waals surface area contributed by atoms with E-state index in [9.17, 15) is 9.90 Å². The van der Waals surface area contributed by atoms with Crippen molar-refractivity contribution in [2.24, 2.45) is 0 Å². The summed E-state index contributed by atoms with van der Waals surface area (Å²) < 4.78 is 0. The van der Waals surface area contributed by atoms with Crippen LogP contribution in [0.4, 0.5) is 0 Å². The zero-order valence-electron chi connectivity index (χ0n) is 12.2. The maximum absolute atomic E-state index is 11.8. The summed E-state index contributed by atoms with van der Waals surface area (Å²) in [7, 11) is 0. The molecule has 0 bridgehead atoms. The van der Waals surface area contributed by atoms with Gasteiger partial charge in [0.2, 0.25) is 5.91 Å². The fourth-order valence-electron chi connectivity index (χ4n) is 2.08. The molecule has 2 N–H and O–H groups in total. The van der Waals surface area contributed by atoms with Gasteiger partial charge in [-0.3, -0.25) is 4.79 Å². The van der Waals surface area contributed by atoms with Crippen LogP contribution in [0.25, 0.3) is 0 Å². The first kappa shape index (κ1) is 15.7. The Balaban J connectivity index is 1.74. The molecule has 3 nitrogen and oxygen atoms in total. The van der Waals surface area contributed by atoms with Crippen LogP contribution in [0.1, 0.15) is 24.5 Å². The van der Waals surface area contributed by atoms with Gasteiger partial charge < -0.3 is 10.4 Å².